The van der Waals surface area contributed by atoms with Crippen molar-refractivity contribution in [3.63, 3.8) is 0 Å². The van der Waals surface area contributed by atoms with Crippen LogP contribution in [0.4, 0.5) is 5.82 Å². The van der Waals surface area contributed by atoms with Crippen molar-refractivity contribution >= 4 is 17.4 Å². The van der Waals surface area contributed by atoms with Crippen LogP contribution in [0, 0.1) is 6.92 Å². The molecule has 20 heavy (non-hydrogen) atoms. The quantitative estimate of drug-likeness (QED) is 0.655. The molecule has 6 heteroatoms. The summed E-state index contributed by atoms with van der Waals surface area (Å²) in [5.74, 6) is 7.27. The highest BCUT2D eigenvalue weighted by Gasteiger charge is 2.10. The molecule has 0 unspecified atom stereocenters. The van der Waals surface area contributed by atoms with E-state index in [2.05, 4.69) is 15.4 Å². The first-order chi connectivity index (χ1) is 9.63. The molecule has 1 heterocycles. The zero-order valence-electron chi connectivity index (χ0n) is 11.5. The van der Waals surface area contributed by atoms with Crippen LogP contribution in [0.2, 0.25) is 5.02 Å². The van der Waals surface area contributed by atoms with Gasteiger partial charge in [-0.05, 0) is 24.6 Å². The molecule has 0 radical (unpaired) electrons. The molecule has 0 atom stereocenters. The average Bonchev–Trinajstić information content (AvgIpc) is 2.48. The number of nitrogen functional groups attached to an aromatic ring is 1. The van der Waals surface area contributed by atoms with Gasteiger partial charge in [-0.1, -0.05) is 30.7 Å². The molecule has 3 N–H and O–H groups in total. The van der Waals surface area contributed by atoms with Gasteiger partial charge in [-0.15, -0.1) is 0 Å². The number of ether oxygens (including phenoxy) is 1. The van der Waals surface area contributed by atoms with E-state index in [-0.39, 0.29) is 0 Å². The number of nitrogens with one attached hydrogen (secondary N) is 1. The molecule has 0 saturated carbocycles. The maximum absolute atomic E-state index is 5.85. The fourth-order valence-electron chi connectivity index (χ4n) is 1.71. The fraction of sp³-hybridized carbons (Fsp3) is 0.286. The Morgan fingerprint density at radius 3 is 2.55 bits per heavy atom. The summed E-state index contributed by atoms with van der Waals surface area (Å²) in [6, 6.07) is 7.50. The molecule has 5 nitrogen and oxygen atoms in total. The van der Waals surface area contributed by atoms with Crippen LogP contribution >= 0.6 is 11.6 Å². The van der Waals surface area contributed by atoms with Gasteiger partial charge in [-0.2, -0.15) is 4.98 Å². The Morgan fingerprint density at radius 1 is 1.25 bits per heavy atom. The van der Waals surface area contributed by atoms with E-state index in [1.807, 2.05) is 38.1 Å². The molecule has 2 aromatic rings. The molecule has 0 fully saturated rings. The molecule has 0 amide bonds. The Labute approximate surface area is 123 Å². The van der Waals surface area contributed by atoms with Crippen LogP contribution in [0.5, 0.6) is 5.88 Å². The topological polar surface area (TPSA) is 73.1 Å². The number of nitrogens with zero attached hydrogens (tertiary/aromatic N) is 2. The molecule has 0 aliphatic carbocycles. The SMILES string of the molecule is CCc1nc(NN)c(C)c(OCc2ccc(Cl)cc2)n1. The Kier molecular flexibility index (Phi) is 4.76. The number of anilines is 1. The van der Waals surface area contributed by atoms with Crippen molar-refractivity contribution in [2.24, 2.45) is 5.84 Å². The van der Waals surface area contributed by atoms with Crippen molar-refractivity contribution in [1.29, 1.82) is 0 Å². The van der Waals surface area contributed by atoms with Gasteiger partial charge in [0, 0.05) is 11.4 Å². The summed E-state index contributed by atoms with van der Waals surface area (Å²) in [7, 11) is 0. The van der Waals surface area contributed by atoms with Crippen LogP contribution in [-0.4, -0.2) is 9.97 Å². The molecule has 0 aliphatic rings. The summed E-state index contributed by atoms with van der Waals surface area (Å²) < 4.78 is 5.76. The van der Waals surface area contributed by atoms with Gasteiger partial charge in [0.15, 0.2) is 0 Å². The normalized spacial score (nSPS) is 10.4. The Balaban J connectivity index is 2.18. The first kappa shape index (κ1) is 14.6. The van der Waals surface area contributed by atoms with Crippen LogP contribution in [0.3, 0.4) is 0 Å². The summed E-state index contributed by atoms with van der Waals surface area (Å²) in [6.45, 7) is 4.27. The third-order valence-electron chi connectivity index (χ3n) is 2.89. The standard InChI is InChI=1S/C14H17ClN4O/c1-3-12-17-13(19-16)9(2)14(18-12)20-8-10-4-6-11(15)7-5-10/h4-7H,3,8,16H2,1-2H3,(H,17,18,19). The van der Waals surface area contributed by atoms with E-state index in [0.29, 0.717) is 35.6 Å². The number of aromatic nitrogens is 2. The summed E-state index contributed by atoms with van der Waals surface area (Å²) in [5.41, 5.74) is 4.38. The Bertz CT molecular complexity index is 586. The van der Waals surface area contributed by atoms with Crippen molar-refractivity contribution in [3.8, 4) is 5.88 Å². The van der Waals surface area contributed by atoms with Crippen LogP contribution in [0.15, 0.2) is 24.3 Å². The van der Waals surface area contributed by atoms with Crippen molar-refractivity contribution in [2.75, 3.05) is 5.43 Å². The number of benzene rings is 1. The number of hydrogen-bond donors (Lipinski definition) is 2. The van der Waals surface area contributed by atoms with Crippen molar-refractivity contribution in [2.45, 2.75) is 26.9 Å². The third kappa shape index (κ3) is 3.37. The smallest absolute Gasteiger partial charge is 0.222 e. The summed E-state index contributed by atoms with van der Waals surface area (Å²) in [6.07, 6.45) is 0.715. The van der Waals surface area contributed by atoms with Gasteiger partial charge in [0.05, 0.1) is 5.56 Å². The molecule has 0 bridgehead atoms. The number of rotatable bonds is 5. The monoisotopic (exact) mass is 292 g/mol. The first-order valence-electron chi connectivity index (χ1n) is 6.35. The molecule has 1 aromatic carbocycles. The van der Waals surface area contributed by atoms with Crippen LogP contribution in [-0.2, 0) is 13.0 Å². The zero-order chi connectivity index (χ0) is 14.5. The highest BCUT2D eigenvalue weighted by molar-refractivity contribution is 6.30. The summed E-state index contributed by atoms with van der Waals surface area (Å²) in [5, 5.41) is 0.704. The summed E-state index contributed by atoms with van der Waals surface area (Å²) >= 11 is 5.85. The second-order valence-corrected chi connectivity index (χ2v) is 4.77. The van der Waals surface area contributed by atoms with Gasteiger partial charge in [0.1, 0.15) is 18.2 Å². The maximum Gasteiger partial charge on any atom is 0.222 e. The zero-order valence-corrected chi connectivity index (χ0v) is 12.2. The lowest BCUT2D eigenvalue weighted by molar-refractivity contribution is 0.290. The highest BCUT2D eigenvalue weighted by Crippen LogP contribution is 2.22. The Hall–Kier alpha value is -1.85. The van der Waals surface area contributed by atoms with Crippen molar-refractivity contribution in [1.82, 2.24) is 9.97 Å². The van der Waals surface area contributed by atoms with Gasteiger partial charge in [-0.3, -0.25) is 0 Å². The van der Waals surface area contributed by atoms with E-state index in [4.69, 9.17) is 22.2 Å². The summed E-state index contributed by atoms with van der Waals surface area (Å²) in [4.78, 5) is 8.67. The van der Waals surface area contributed by atoms with E-state index in [0.717, 1.165) is 11.1 Å². The van der Waals surface area contributed by atoms with Gasteiger partial charge in [-0.25, -0.2) is 10.8 Å². The lowest BCUT2D eigenvalue weighted by Crippen LogP contribution is -2.13. The van der Waals surface area contributed by atoms with E-state index < -0.39 is 0 Å². The molecule has 0 spiro atoms. The highest BCUT2D eigenvalue weighted by atomic mass is 35.5. The van der Waals surface area contributed by atoms with Gasteiger partial charge in [0.2, 0.25) is 5.88 Å². The van der Waals surface area contributed by atoms with Crippen molar-refractivity contribution in [3.05, 3.63) is 46.2 Å². The molecule has 1 aromatic heterocycles. The number of hydrogen-bond acceptors (Lipinski definition) is 5. The lowest BCUT2D eigenvalue weighted by atomic mass is 10.2. The van der Waals surface area contributed by atoms with Crippen LogP contribution in [0.25, 0.3) is 0 Å². The lowest BCUT2D eigenvalue weighted by Gasteiger charge is -2.12. The third-order valence-corrected chi connectivity index (χ3v) is 3.14. The number of hydrazine groups is 1. The minimum Gasteiger partial charge on any atom is -0.472 e. The second kappa shape index (κ2) is 6.54. The molecular weight excluding hydrogens is 276 g/mol. The fourth-order valence-corrected chi connectivity index (χ4v) is 1.84. The van der Waals surface area contributed by atoms with E-state index in [1.54, 1.807) is 0 Å². The minimum absolute atomic E-state index is 0.419. The number of aryl methyl sites for hydroxylation is 1. The van der Waals surface area contributed by atoms with Gasteiger partial charge in [0.25, 0.3) is 0 Å². The molecule has 0 aliphatic heterocycles. The molecule has 0 saturated heterocycles. The number of nitrogens with two attached hydrogens (primary N) is 1. The molecule has 2 rings (SSSR count). The van der Waals surface area contributed by atoms with Gasteiger partial charge >= 0.3 is 0 Å². The maximum atomic E-state index is 5.85. The predicted octanol–water partition coefficient (Wildman–Crippen LogP) is 2.87. The van der Waals surface area contributed by atoms with E-state index in [9.17, 15) is 0 Å². The number of halogens is 1. The molecular formula is C14H17ClN4O. The van der Waals surface area contributed by atoms with Crippen molar-refractivity contribution < 1.29 is 4.74 Å². The largest absolute Gasteiger partial charge is 0.472 e. The minimum atomic E-state index is 0.419. The first-order valence-corrected chi connectivity index (χ1v) is 6.73. The van der Waals surface area contributed by atoms with Crippen LogP contribution in [0.1, 0.15) is 23.9 Å². The average molecular weight is 293 g/mol. The predicted molar refractivity (Wildman–Crippen MR) is 79.7 cm³/mol. The van der Waals surface area contributed by atoms with Crippen LogP contribution < -0.4 is 16.0 Å². The van der Waals surface area contributed by atoms with E-state index >= 15 is 0 Å². The Morgan fingerprint density at radius 2 is 1.95 bits per heavy atom. The molecule has 106 valence electrons. The van der Waals surface area contributed by atoms with E-state index in [1.165, 1.54) is 0 Å². The second-order valence-electron chi connectivity index (χ2n) is 4.33. The van der Waals surface area contributed by atoms with Gasteiger partial charge < -0.3 is 10.2 Å².